The molecule has 0 fully saturated rings. The number of carbonyl (C=O) groups is 1. The van der Waals surface area contributed by atoms with E-state index < -0.39 is 17.8 Å². The Morgan fingerprint density at radius 2 is 1.74 bits per heavy atom. The van der Waals surface area contributed by atoms with Crippen LogP contribution in [0.5, 0.6) is 0 Å². The fourth-order valence-electron chi connectivity index (χ4n) is 1.78. The summed E-state index contributed by atoms with van der Waals surface area (Å²) in [6.07, 6.45) is -0.763. The summed E-state index contributed by atoms with van der Waals surface area (Å²) < 4.78 is 18.6. The second kappa shape index (κ2) is 6.11. The molecule has 0 spiro atoms. The fraction of sp³-hybridized carbons (Fsp3) is 0.133. The van der Waals surface area contributed by atoms with Gasteiger partial charge in [-0.1, -0.05) is 42.5 Å². The topological polar surface area (TPSA) is 38.3 Å². The van der Waals surface area contributed by atoms with Crippen molar-refractivity contribution in [3.8, 4) is 0 Å². The van der Waals surface area contributed by atoms with Crippen LogP contribution in [0.3, 0.4) is 0 Å². The van der Waals surface area contributed by atoms with Crippen molar-refractivity contribution in [1.29, 1.82) is 0 Å². The van der Waals surface area contributed by atoms with Crippen LogP contribution in [0.15, 0.2) is 54.6 Å². The zero-order valence-electron chi connectivity index (χ0n) is 10.5. The molecule has 0 heterocycles. The molecule has 0 aliphatic carbocycles. The zero-order chi connectivity index (χ0) is 13.7. The number of benzene rings is 2. The molecule has 2 aromatic carbocycles. The van der Waals surface area contributed by atoms with Gasteiger partial charge in [-0.3, -0.25) is 4.79 Å². The molecule has 2 aromatic rings. The Balaban J connectivity index is 2.17. The van der Waals surface area contributed by atoms with Gasteiger partial charge in [0.1, 0.15) is 5.82 Å². The highest BCUT2D eigenvalue weighted by Crippen LogP contribution is 2.20. The van der Waals surface area contributed by atoms with Crippen molar-refractivity contribution < 1.29 is 13.9 Å². The Hall–Kier alpha value is -2.20. The van der Waals surface area contributed by atoms with Gasteiger partial charge in [0.2, 0.25) is 0 Å². The molecule has 1 atom stereocenters. The third-order valence-electron chi connectivity index (χ3n) is 2.71. The Labute approximate surface area is 111 Å². The van der Waals surface area contributed by atoms with E-state index in [4.69, 9.17) is 4.74 Å². The molecule has 0 aliphatic rings. The minimum atomic E-state index is -0.763. The Morgan fingerprint density at radius 1 is 1.11 bits per heavy atom. The van der Waals surface area contributed by atoms with E-state index in [9.17, 15) is 9.18 Å². The Bertz CT molecular complexity index is 557. The fourth-order valence-corrected chi connectivity index (χ4v) is 1.78. The smallest absolute Gasteiger partial charge is 0.258 e. The molecule has 3 nitrogen and oxygen atoms in total. The summed E-state index contributed by atoms with van der Waals surface area (Å²) in [7, 11) is 1.44. The largest absolute Gasteiger partial charge is 0.367 e. The van der Waals surface area contributed by atoms with Gasteiger partial charge < -0.3 is 10.1 Å². The number of hydrogen-bond acceptors (Lipinski definition) is 2. The van der Waals surface area contributed by atoms with E-state index in [0.29, 0.717) is 0 Å². The second-order valence-corrected chi connectivity index (χ2v) is 4.00. The molecule has 0 aromatic heterocycles. The first-order valence-electron chi connectivity index (χ1n) is 5.85. The number of rotatable bonds is 4. The maximum Gasteiger partial charge on any atom is 0.258 e. The monoisotopic (exact) mass is 259 g/mol. The SMILES string of the molecule is CO[C@H](C(=O)Nc1ccccc1F)c1ccccc1. The molecule has 19 heavy (non-hydrogen) atoms. The van der Waals surface area contributed by atoms with E-state index in [1.54, 1.807) is 24.3 Å². The van der Waals surface area contributed by atoms with Gasteiger partial charge in [0.05, 0.1) is 5.69 Å². The molecule has 0 aliphatic heterocycles. The molecule has 1 amide bonds. The van der Waals surface area contributed by atoms with Crippen molar-refractivity contribution in [1.82, 2.24) is 0 Å². The first-order valence-corrected chi connectivity index (χ1v) is 5.85. The third-order valence-corrected chi connectivity index (χ3v) is 2.71. The predicted octanol–water partition coefficient (Wildman–Crippen LogP) is 3.15. The molecule has 98 valence electrons. The van der Waals surface area contributed by atoms with Crippen molar-refractivity contribution >= 4 is 11.6 Å². The van der Waals surface area contributed by atoms with Crippen LogP contribution in [0.25, 0.3) is 0 Å². The number of hydrogen-bond donors (Lipinski definition) is 1. The third kappa shape index (κ3) is 3.17. The van der Waals surface area contributed by atoms with Gasteiger partial charge in [0.25, 0.3) is 5.91 Å². The molecule has 1 N–H and O–H groups in total. The Kier molecular flexibility index (Phi) is 4.26. The average molecular weight is 259 g/mol. The quantitative estimate of drug-likeness (QED) is 0.916. The molecule has 0 saturated carbocycles. The standard InChI is InChI=1S/C15H14FNO2/c1-19-14(11-7-3-2-4-8-11)15(18)17-13-10-6-5-9-12(13)16/h2-10,14H,1H3,(H,17,18)/t14-/m0/s1. The van der Waals surface area contributed by atoms with Gasteiger partial charge in [0.15, 0.2) is 6.10 Å². The number of para-hydroxylation sites is 1. The molecule has 0 bridgehead atoms. The first kappa shape index (κ1) is 13.2. The summed E-state index contributed by atoms with van der Waals surface area (Å²) in [5.74, 6) is -0.877. The number of nitrogens with one attached hydrogen (secondary N) is 1. The van der Waals surface area contributed by atoms with Crippen LogP contribution in [0.2, 0.25) is 0 Å². The molecule has 0 unspecified atom stereocenters. The summed E-state index contributed by atoms with van der Waals surface area (Å²) in [5.41, 5.74) is 0.865. The van der Waals surface area contributed by atoms with E-state index in [0.717, 1.165) is 5.56 Å². The summed E-state index contributed by atoms with van der Waals surface area (Å²) in [4.78, 5) is 12.1. The molecule has 0 radical (unpaired) electrons. The van der Waals surface area contributed by atoms with Crippen molar-refractivity contribution in [2.45, 2.75) is 6.10 Å². The second-order valence-electron chi connectivity index (χ2n) is 4.00. The van der Waals surface area contributed by atoms with Crippen LogP contribution in [0, 0.1) is 5.82 Å². The van der Waals surface area contributed by atoms with Crippen molar-refractivity contribution in [2.75, 3.05) is 12.4 Å². The minimum absolute atomic E-state index is 0.144. The van der Waals surface area contributed by atoms with Crippen molar-refractivity contribution in [3.63, 3.8) is 0 Å². The van der Waals surface area contributed by atoms with Gasteiger partial charge in [-0.25, -0.2) is 4.39 Å². The number of halogens is 1. The number of methoxy groups -OCH3 is 1. The number of anilines is 1. The molecule has 0 saturated heterocycles. The summed E-state index contributed by atoms with van der Waals surface area (Å²) in [6.45, 7) is 0. The van der Waals surface area contributed by atoms with Crippen LogP contribution in [0.4, 0.5) is 10.1 Å². The van der Waals surface area contributed by atoms with Crippen molar-refractivity contribution in [2.24, 2.45) is 0 Å². The summed E-state index contributed by atoms with van der Waals surface area (Å²) in [6, 6.07) is 15.1. The summed E-state index contributed by atoms with van der Waals surface area (Å²) in [5, 5.41) is 2.52. The van der Waals surface area contributed by atoms with Crippen LogP contribution >= 0.6 is 0 Å². The Morgan fingerprint density at radius 3 is 2.37 bits per heavy atom. The highest BCUT2D eigenvalue weighted by Gasteiger charge is 2.20. The minimum Gasteiger partial charge on any atom is -0.367 e. The average Bonchev–Trinajstić information content (AvgIpc) is 2.43. The molecule has 2 rings (SSSR count). The van der Waals surface area contributed by atoms with Crippen LogP contribution in [-0.2, 0) is 9.53 Å². The van der Waals surface area contributed by atoms with E-state index in [-0.39, 0.29) is 5.69 Å². The maximum absolute atomic E-state index is 13.5. The molecular formula is C15H14FNO2. The zero-order valence-corrected chi connectivity index (χ0v) is 10.5. The molecular weight excluding hydrogens is 245 g/mol. The van der Waals surface area contributed by atoms with Gasteiger partial charge >= 0.3 is 0 Å². The first-order chi connectivity index (χ1) is 9.22. The number of carbonyl (C=O) groups excluding carboxylic acids is 1. The number of amides is 1. The highest BCUT2D eigenvalue weighted by molar-refractivity contribution is 5.94. The lowest BCUT2D eigenvalue weighted by Crippen LogP contribution is -2.23. The lowest BCUT2D eigenvalue weighted by atomic mass is 10.1. The summed E-state index contributed by atoms with van der Waals surface area (Å²) >= 11 is 0. The van der Waals surface area contributed by atoms with Crippen LogP contribution in [0.1, 0.15) is 11.7 Å². The van der Waals surface area contributed by atoms with Gasteiger partial charge in [-0.2, -0.15) is 0 Å². The van der Waals surface area contributed by atoms with E-state index >= 15 is 0 Å². The van der Waals surface area contributed by atoms with Crippen LogP contribution in [-0.4, -0.2) is 13.0 Å². The van der Waals surface area contributed by atoms with Gasteiger partial charge in [-0.05, 0) is 17.7 Å². The number of ether oxygens (including phenoxy) is 1. The predicted molar refractivity (Wildman–Crippen MR) is 71.2 cm³/mol. The normalized spacial score (nSPS) is 11.9. The molecule has 4 heteroatoms. The lowest BCUT2D eigenvalue weighted by Gasteiger charge is -2.15. The van der Waals surface area contributed by atoms with E-state index in [1.807, 2.05) is 18.2 Å². The van der Waals surface area contributed by atoms with Crippen molar-refractivity contribution in [3.05, 3.63) is 66.0 Å². The van der Waals surface area contributed by atoms with Crippen LogP contribution < -0.4 is 5.32 Å². The van der Waals surface area contributed by atoms with E-state index in [2.05, 4.69) is 5.32 Å². The van der Waals surface area contributed by atoms with Gasteiger partial charge in [0, 0.05) is 7.11 Å². The van der Waals surface area contributed by atoms with E-state index in [1.165, 1.54) is 19.2 Å². The lowest BCUT2D eigenvalue weighted by molar-refractivity contribution is -0.126. The van der Waals surface area contributed by atoms with Gasteiger partial charge in [-0.15, -0.1) is 0 Å². The highest BCUT2D eigenvalue weighted by atomic mass is 19.1. The maximum atomic E-state index is 13.5.